The normalized spacial score (nSPS) is 10.4. The van der Waals surface area contributed by atoms with Crippen LogP contribution in [0.3, 0.4) is 0 Å². The molecule has 0 saturated carbocycles. The Hall–Kier alpha value is -1.38. The van der Waals surface area contributed by atoms with Gasteiger partial charge in [0, 0.05) is 30.2 Å². The van der Waals surface area contributed by atoms with E-state index in [4.69, 9.17) is 0 Å². The molecule has 3 heteroatoms. The van der Waals surface area contributed by atoms with Gasteiger partial charge in [-0.3, -0.25) is 0 Å². The SMILES string of the molecule is CC.Cc1nnc(C(C)C)c2cn(C)cc12. The van der Waals surface area contributed by atoms with Crippen molar-refractivity contribution in [3.8, 4) is 0 Å². The van der Waals surface area contributed by atoms with Crippen LogP contribution < -0.4 is 0 Å². The number of rotatable bonds is 1. The van der Waals surface area contributed by atoms with Gasteiger partial charge >= 0.3 is 0 Å². The molecule has 0 aromatic carbocycles. The van der Waals surface area contributed by atoms with Crippen molar-refractivity contribution in [1.29, 1.82) is 0 Å². The molecule has 0 unspecified atom stereocenters. The Morgan fingerprint density at radius 1 is 1.06 bits per heavy atom. The van der Waals surface area contributed by atoms with Crippen LogP contribution in [0, 0.1) is 6.92 Å². The highest BCUT2D eigenvalue weighted by Gasteiger charge is 2.10. The summed E-state index contributed by atoms with van der Waals surface area (Å²) in [5, 5.41) is 10.9. The van der Waals surface area contributed by atoms with E-state index < -0.39 is 0 Å². The first kappa shape index (κ1) is 12.7. The van der Waals surface area contributed by atoms with E-state index in [1.165, 1.54) is 10.8 Å². The second-order valence-corrected chi connectivity index (χ2v) is 4.08. The number of aryl methyl sites for hydroxylation is 2. The van der Waals surface area contributed by atoms with Gasteiger partial charge in [0.2, 0.25) is 0 Å². The van der Waals surface area contributed by atoms with E-state index in [2.05, 4.69) is 41.0 Å². The molecule has 0 amide bonds. The first-order valence-electron chi connectivity index (χ1n) is 5.88. The Kier molecular flexibility index (Phi) is 4.05. The summed E-state index contributed by atoms with van der Waals surface area (Å²) in [4.78, 5) is 0. The zero-order chi connectivity index (χ0) is 12.3. The first-order chi connectivity index (χ1) is 7.59. The monoisotopic (exact) mass is 219 g/mol. The molecule has 0 saturated heterocycles. The molecule has 0 fully saturated rings. The lowest BCUT2D eigenvalue weighted by Gasteiger charge is -2.05. The summed E-state index contributed by atoms with van der Waals surface area (Å²) in [7, 11) is 2.03. The van der Waals surface area contributed by atoms with Crippen molar-refractivity contribution in [2.24, 2.45) is 7.05 Å². The number of nitrogens with zero attached hydrogens (tertiary/aromatic N) is 3. The lowest BCUT2D eigenvalue weighted by atomic mass is 10.1. The van der Waals surface area contributed by atoms with Crippen LogP contribution in [0.2, 0.25) is 0 Å². The van der Waals surface area contributed by atoms with Gasteiger partial charge in [0.25, 0.3) is 0 Å². The van der Waals surface area contributed by atoms with E-state index >= 15 is 0 Å². The average molecular weight is 219 g/mol. The molecule has 88 valence electrons. The Morgan fingerprint density at radius 3 is 2.19 bits per heavy atom. The molecule has 0 N–H and O–H groups in total. The van der Waals surface area contributed by atoms with Gasteiger partial charge in [-0.1, -0.05) is 27.7 Å². The smallest absolute Gasteiger partial charge is 0.0750 e. The number of fused-ring (bicyclic) bond motifs is 1. The third kappa shape index (κ3) is 2.23. The summed E-state index contributed by atoms with van der Waals surface area (Å²) in [6.45, 7) is 10.3. The second kappa shape index (κ2) is 5.10. The summed E-state index contributed by atoms with van der Waals surface area (Å²) in [6, 6.07) is 0. The van der Waals surface area contributed by atoms with Crippen LogP contribution in [0.5, 0.6) is 0 Å². The molecule has 2 heterocycles. The zero-order valence-corrected chi connectivity index (χ0v) is 11.1. The molecule has 2 rings (SSSR count). The van der Waals surface area contributed by atoms with Gasteiger partial charge in [-0.05, 0) is 12.8 Å². The van der Waals surface area contributed by atoms with E-state index in [0.29, 0.717) is 5.92 Å². The van der Waals surface area contributed by atoms with E-state index in [1.54, 1.807) is 0 Å². The summed E-state index contributed by atoms with van der Waals surface area (Å²) in [5.74, 6) is 0.424. The minimum atomic E-state index is 0.424. The molecule has 0 spiro atoms. The summed E-state index contributed by atoms with van der Waals surface area (Å²) in [5.41, 5.74) is 2.09. The van der Waals surface area contributed by atoms with Crippen LogP contribution in [-0.4, -0.2) is 14.8 Å². The molecule has 0 aliphatic heterocycles. The van der Waals surface area contributed by atoms with Gasteiger partial charge in [0.15, 0.2) is 0 Å². The Labute approximate surface area is 97.5 Å². The van der Waals surface area contributed by atoms with E-state index in [0.717, 1.165) is 11.4 Å². The van der Waals surface area contributed by atoms with Crippen molar-refractivity contribution in [2.75, 3.05) is 0 Å². The molecule has 0 radical (unpaired) electrons. The van der Waals surface area contributed by atoms with E-state index in [9.17, 15) is 0 Å². The highest BCUT2D eigenvalue weighted by Crippen LogP contribution is 2.24. The topological polar surface area (TPSA) is 30.7 Å². The van der Waals surface area contributed by atoms with Crippen LogP contribution in [0.25, 0.3) is 10.8 Å². The second-order valence-electron chi connectivity index (χ2n) is 4.08. The molecule has 2 aromatic heterocycles. The molecular weight excluding hydrogens is 198 g/mol. The molecular formula is C13H21N3. The third-order valence-corrected chi connectivity index (χ3v) is 2.48. The van der Waals surface area contributed by atoms with Gasteiger partial charge < -0.3 is 4.57 Å². The van der Waals surface area contributed by atoms with Gasteiger partial charge in [0.1, 0.15) is 0 Å². The standard InChI is InChI=1S/C11H15N3.C2H6/c1-7(2)11-10-6-14(4)5-9(10)8(3)12-13-11;1-2/h5-7H,1-4H3;1-2H3. The molecule has 0 aliphatic carbocycles. The van der Waals surface area contributed by atoms with Crippen molar-refractivity contribution < 1.29 is 0 Å². The summed E-state index contributed by atoms with van der Waals surface area (Å²) >= 11 is 0. The quantitative estimate of drug-likeness (QED) is 0.735. The fraction of sp³-hybridized carbons (Fsp3) is 0.538. The Morgan fingerprint density at radius 2 is 1.62 bits per heavy atom. The molecule has 2 aromatic rings. The van der Waals surface area contributed by atoms with Crippen LogP contribution in [0.4, 0.5) is 0 Å². The van der Waals surface area contributed by atoms with Crippen LogP contribution >= 0.6 is 0 Å². The average Bonchev–Trinajstić information content (AvgIpc) is 2.63. The lowest BCUT2D eigenvalue weighted by Crippen LogP contribution is -1.97. The zero-order valence-electron chi connectivity index (χ0n) is 11.1. The number of hydrogen-bond acceptors (Lipinski definition) is 2. The minimum Gasteiger partial charge on any atom is -0.356 e. The molecule has 0 bridgehead atoms. The molecule has 16 heavy (non-hydrogen) atoms. The fourth-order valence-electron chi connectivity index (χ4n) is 1.74. The fourth-order valence-corrected chi connectivity index (χ4v) is 1.74. The number of aromatic nitrogens is 3. The highest BCUT2D eigenvalue weighted by atomic mass is 15.1. The predicted octanol–water partition coefficient (Wildman–Crippen LogP) is 3.43. The van der Waals surface area contributed by atoms with Crippen LogP contribution in [-0.2, 0) is 7.05 Å². The van der Waals surface area contributed by atoms with Crippen molar-refractivity contribution >= 4 is 10.8 Å². The third-order valence-electron chi connectivity index (χ3n) is 2.48. The van der Waals surface area contributed by atoms with Gasteiger partial charge in [0.05, 0.1) is 11.4 Å². The van der Waals surface area contributed by atoms with Gasteiger partial charge in [-0.25, -0.2) is 0 Å². The Bertz CT molecular complexity index is 469. The van der Waals surface area contributed by atoms with Crippen LogP contribution in [0.1, 0.15) is 45.0 Å². The van der Waals surface area contributed by atoms with Gasteiger partial charge in [-0.2, -0.15) is 10.2 Å². The summed E-state index contributed by atoms with van der Waals surface area (Å²) in [6.07, 6.45) is 4.22. The minimum absolute atomic E-state index is 0.424. The summed E-state index contributed by atoms with van der Waals surface area (Å²) < 4.78 is 2.06. The maximum absolute atomic E-state index is 4.26. The number of hydrogen-bond donors (Lipinski definition) is 0. The lowest BCUT2D eigenvalue weighted by molar-refractivity contribution is 0.792. The van der Waals surface area contributed by atoms with Crippen molar-refractivity contribution in [2.45, 2.75) is 40.5 Å². The predicted molar refractivity (Wildman–Crippen MR) is 68.7 cm³/mol. The first-order valence-corrected chi connectivity index (χ1v) is 5.88. The maximum Gasteiger partial charge on any atom is 0.0750 e. The van der Waals surface area contributed by atoms with E-state index in [1.807, 2.05) is 27.8 Å². The highest BCUT2D eigenvalue weighted by molar-refractivity contribution is 5.86. The molecule has 3 nitrogen and oxygen atoms in total. The molecule has 0 aliphatic rings. The Balaban J connectivity index is 0.000000606. The largest absolute Gasteiger partial charge is 0.356 e. The van der Waals surface area contributed by atoms with E-state index in [-0.39, 0.29) is 0 Å². The molecule has 0 atom stereocenters. The van der Waals surface area contributed by atoms with Crippen molar-refractivity contribution in [1.82, 2.24) is 14.8 Å². The van der Waals surface area contributed by atoms with Crippen molar-refractivity contribution in [3.63, 3.8) is 0 Å². The maximum atomic E-state index is 4.26. The van der Waals surface area contributed by atoms with Crippen LogP contribution in [0.15, 0.2) is 12.4 Å². The van der Waals surface area contributed by atoms with Crippen molar-refractivity contribution in [3.05, 3.63) is 23.8 Å². The van der Waals surface area contributed by atoms with Gasteiger partial charge in [-0.15, -0.1) is 0 Å².